The molecule has 0 fully saturated rings. The third-order valence-corrected chi connectivity index (χ3v) is 4.15. The van der Waals surface area contributed by atoms with E-state index in [1.54, 1.807) is 24.3 Å². The summed E-state index contributed by atoms with van der Waals surface area (Å²) in [5.74, 6) is -0.594. The van der Waals surface area contributed by atoms with Crippen molar-refractivity contribution in [2.24, 2.45) is 0 Å². The van der Waals surface area contributed by atoms with Gasteiger partial charge in [-0.2, -0.15) is 0 Å². The zero-order valence-corrected chi connectivity index (χ0v) is 13.3. The van der Waals surface area contributed by atoms with E-state index in [0.717, 1.165) is 0 Å². The summed E-state index contributed by atoms with van der Waals surface area (Å²) in [6.07, 6.45) is 0. The summed E-state index contributed by atoms with van der Waals surface area (Å²) in [6.45, 7) is 0. The van der Waals surface area contributed by atoms with Crippen molar-refractivity contribution in [3.8, 4) is 0 Å². The highest BCUT2D eigenvalue weighted by Crippen LogP contribution is 2.33. The van der Waals surface area contributed by atoms with Gasteiger partial charge in [-0.15, -0.1) is 0 Å². The Morgan fingerprint density at radius 3 is 1.86 bits per heavy atom. The van der Waals surface area contributed by atoms with Crippen molar-refractivity contribution in [3.63, 3.8) is 0 Å². The van der Waals surface area contributed by atoms with Crippen molar-refractivity contribution in [2.45, 2.75) is 6.04 Å². The highest BCUT2D eigenvalue weighted by molar-refractivity contribution is 6.41. The van der Waals surface area contributed by atoms with Crippen LogP contribution < -0.4 is 10.9 Å². The maximum absolute atomic E-state index is 12.2. The van der Waals surface area contributed by atoms with Crippen LogP contribution in [0.2, 0.25) is 15.1 Å². The van der Waals surface area contributed by atoms with Gasteiger partial charge in [-0.05, 0) is 12.1 Å². The number of hydrogen-bond donors (Lipinski definition) is 2. The van der Waals surface area contributed by atoms with E-state index >= 15 is 0 Å². The molecule has 0 aromatic heterocycles. The molecule has 2 aromatic carbocycles. The standard InChI is InChI=1S/C15H9Cl3N2O2/c16-7-5-10(17)12(11(18)6-7)19-20-13-14(21)8-3-1-2-4-9(8)15(13)22/h1-6,13,19-20H. The second kappa shape index (κ2) is 5.89. The third kappa shape index (κ3) is 2.59. The molecule has 0 bridgehead atoms. The molecular formula is C15H9Cl3N2O2. The Bertz CT molecular complexity index is 734. The number of rotatable bonds is 3. The number of ketones is 2. The van der Waals surface area contributed by atoms with E-state index in [1.165, 1.54) is 12.1 Å². The van der Waals surface area contributed by atoms with Crippen molar-refractivity contribution in [3.05, 3.63) is 62.6 Å². The van der Waals surface area contributed by atoms with Crippen molar-refractivity contribution >= 4 is 52.1 Å². The van der Waals surface area contributed by atoms with Crippen LogP contribution in [0.25, 0.3) is 0 Å². The van der Waals surface area contributed by atoms with E-state index in [-0.39, 0.29) is 21.6 Å². The number of hydrogen-bond acceptors (Lipinski definition) is 4. The summed E-state index contributed by atoms with van der Waals surface area (Å²) in [5, 5.41) is 0.946. The van der Waals surface area contributed by atoms with Crippen molar-refractivity contribution in [1.29, 1.82) is 0 Å². The topological polar surface area (TPSA) is 58.2 Å². The Labute approximate surface area is 141 Å². The zero-order chi connectivity index (χ0) is 15.9. The van der Waals surface area contributed by atoms with Gasteiger partial charge in [0.25, 0.3) is 0 Å². The summed E-state index contributed by atoms with van der Waals surface area (Å²) < 4.78 is 0. The Morgan fingerprint density at radius 1 is 0.864 bits per heavy atom. The average molecular weight is 356 g/mol. The predicted molar refractivity (Wildman–Crippen MR) is 87.1 cm³/mol. The van der Waals surface area contributed by atoms with Gasteiger partial charge in [-0.1, -0.05) is 59.1 Å². The molecule has 0 saturated heterocycles. The number of carbonyl (C=O) groups excluding carboxylic acids is 2. The van der Waals surface area contributed by atoms with E-state index in [2.05, 4.69) is 10.9 Å². The first-order valence-electron chi connectivity index (χ1n) is 6.32. The van der Waals surface area contributed by atoms with Crippen molar-refractivity contribution < 1.29 is 9.59 Å². The fourth-order valence-corrected chi connectivity index (χ4v) is 3.19. The minimum atomic E-state index is -1.01. The second-order valence-electron chi connectivity index (χ2n) is 4.72. The Morgan fingerprint density at radius 2 is 1.36 bits per heavy atom. The van der Waals surface area contributed by atoms with E-state index in [1.807, 2.05) is 0 Å². The van der Waals surface area contributed by atoms with Crippen LogP contribution in [0.3, 0.4) is 0 Å². The SMILES string of the molecule is O=C1c2ccccc2C(=O)C1NNc1c(Cl)cc(Cl)cc1Cl. The number of halogens is 3. The quantitative estimate of drug-likeness (QED) is 0.645. The smallest absolute Gasteiger partial charge is 0.190 e. The monoisotopic (exact) mass is 354 g/mol. The van der Waals surface area contributed by atoms with Gasteiger partial charge < -0.3 is 5.43 Å². The molecule has 0 amide bonds. The first kappa shape index (κ1) is 15.3. The molecule has 0 atom stereocenters. The molecule has 1 aliphatic carbocycles. The summed E-state index contributed by atoms with van der Waals surface area (Å²) in [4.78, 5) is 24.5. The third-order valence-electron chi connectivity index (χ3n) is 3.33. The van der Waals surface area contributed by atoms with Crippen LogP contribution >= 0.6 is 34.8 Å². The maximum Gasteiger partial charge on any atom is 0.190 e. The van der Waals surface area contributed by atoms with Gasteiger partial charge in [0.1, 0.15) is 0 Å². The molecule has 112 valence electrons. The van der Waals surface area contributed by atoms with Crippen molar-refractivity contribution in [2.75, 3.05) is 5.43 Å². The van der Waals surface area contributed by atoms with Crippen LogP contribution in [0.15, 0.2) is 36.4 Å². The highest BCUT2D eigenvalue weighted by atomic mass is 35.5. The molecule has 2 N–H and O–H groups in total. The van der Waals surface area contributed by atoms with Crippen LogP contribution in [0.1, 0.15) is 20.7 Å². The lowest BCUT2D eigenvalue weighted by molar-refractivity contribution is 0.0874. The van der Waals surface area contributed by atoms with E-state index in [4.69, 9.17) is 34.8 Å². The Hall–Kier alpha value is -1.59. The molecule has 0 saturated carbocycles. The lowest BCUT2D eigenvalue weighted by Gasteiger charge is -2.15. The number of hydrazine groups is 1. The number of nitrogens with one attached hydrogen (secondary N) is 2. The van der Waals surface area contributed by atoms with Gasteiger partial charge >= 0.3 is 0 Å². The number of fused-ring (bicyclic) bond motifs is 1. The van der Waals surface area contributed by atoms with Gasteiger partial charge in [0, 0.05) is 16.1 Å². The summed E-state index contributed by atoms with van der Waals surface area (Å²) >= 11 is 17.9. The fourth-order valence-electron chi connectivity index (χ4n) is 2.28. The van der Waals surface area contributed by atoms with Gasteiger partial charge in [0.05, 0.1) is 15.7 Å². The van der Waals surface area contributed by atoms with Crippen LogP contribution in [0.4, 0.5) is 5.69 Å². The van der Waals surface area contributed by atoms with Crippen LogP contribution in [-0.4, -0.2) is 17.6 Å². The predicted octanol–water partition coefficient (Wildman–Crippen LogP) is 4.01. The van der Waals surface area contributed by atoms with Gasteiger partial charge in [0.15, 0.2) is 17.6 Å². The fraction of sp³-hybridized carbons (Fsp3) is 0.0667. The lowest BCUT2D eigenvalue weighted by Crippen LogP contribution is -2.42. The normalized spacial score (nSPS) is 14.3. The van der Waals surface area contributed by atoms with Gasteiger partial charge in [-0.3, -0.25) is 9.59 Å². The molecule has 0 spiro atoms. The lowest BCUT2D eigenvalue weighted by atomic mass is 10.1. The molecular weight excluding hydrogens is 347 g/mol. The highest BCUT2D eigenvalue weighted by Gasteiger charge is 2.38. The Balaban J connectivity index is 1.82. The minimum absolute atomic E-state index is 0.278. The molecule has 0 radical (unpaired) electrons. The average Bonchev–Trinajstić information content (AvgIpc) is 2.71. The molecule has 3 rings (SSSR count). The Kier molecular flexibility index (Phi) is 4.10. The molecule has 4 nitrogen and oxygen atoms in total. The molecule has 22 heavy (non-hydrogen) atoms. The first-order chi connectivity index (χ1) is 10.5. The minimum Gasteiger partial charge on any atom is -0.318 e. The molecule has 0 heterocycles. The first-order valence-corrected chi connectivity index (χ1v) is 7.46. The summed E-state index contributed by atoms with van der Waals surface area (Å²) in [6, 6.07) is 8.68. The van der Waals surface area contributed by atoms with Crippen LogP contribution in [0.5, 0.6) is 0 Å². The molecule has 7 heteroatoms. The zero-order valence-electron chi connectivity index (χ0n) is 11.0. The maximum atomic E-state index is 12.2. The van der Waals surface area contributed by atoms with Crippen LogP contribution in [-0.2, 0) is 0 Å². The van der Waals surface area contributed by atoms with E-state index < -0.39 is 6.04 Å². The molecule has 0 unspecified atom stereocenters. The summed E-state index contributed by atoms with van der Waals surface area (Å²) in [7, 11) is 0. The number of carbonyl (C=O) groups is 2. The number of Topliss-reactive ketones (excluding diaryl/α,β-unsaturated/α-hetero) is 2. The van der Waals surface area contributed by atoms with Gasteiger partial charge in [-0.25, -0.2) is 5.43 Å². The van der Waals surface area contributed by atoms with E-state index in [9.17, 15) is 9.59 Å². The van der Waals surface area contributed by atoms with E-state index in [0.29, 0.717) is 21.8 Å². The molecule has 1 aliphatic rings. The number of benzene rings is 2. The molecule has 0 aliphatic heterocycles. The van der Waals surface area contributed by atoms with Crippen molar-refractivity contribution in [1.82, 2.24) is 5.43 Å². The largest absolute Gasteiger partial charge is 0.318 e. The second-order valence-corrected chi connectivity index (χ2v) is 5.97. The number of anilines is 1. The molecule has 2 aromatic rings. The summed E-state index contributed by atoms with van der Waals surface area (Å²) in [5.41, 5.74) is 6.57. The van der Waals surface area contributed by atoms with Crippen LogP contribution in [0, 0.1) is 0 Å². The van der Waals surface area contributed by atoms with Gasteiger partial charge in [0.2, 0.25) is 0 Å².